The number of aryl methyl sites for hydroxylation is 4. The molecule has 0 radical (unpaired) electrons. The van der Waals surface area contributed by atoms with Crippen molar-refractivity contribution in [1.29, 1.82) is 0 Å². The van der Waals surface area contributed by atoms with E-state index in [2.05, 4.69) is 84.6 Å². The van der Waals surface area contributed by atoms with Crippen LogP contribution < -0.4 is 0 Å². The predicted octanol–water partition coefficient (Wildman–Crippen LogP) is 36.8. The zero-order valence-electron chi connectivity index (χ0n) is 66.7. The summed E-state index contributed by atoms with van der Waals surface area (Å²) in [5, 5.41) is 5.15. The highest BCUT2D eigenvalue weighted by Gasteiger charge is 2.23. The molecule has 0 bridgehead atoms. The summed E-state index contributed by atoms with van der Waals surface area (Å²) in [5.41, 5.74) is 6.69. The SMILES string of the molecule is CCCCCCCCCCCCCCCCCCCCc1csc(-c2cc(CCCCCCCCCCCCCCCCCCCC)c(-c3sc4c(CCCCCCCCCCCCCCCCCCCC)csc4c3CCCCCCCCCCCCCCCCCCCC)s2)c1. The molecule has 0 saturated carbocycles. The Balaban J connectivity index is 1.32. The van der Waals surface area contributed by atoms with E-state index in [0.29, 0.717) is 0 Å². The third kappa shape index (κ3) is 47.5. The van der Waals surface area contributed by atoms with E-state index in [1.165, 1.54) is 493 Å². The molecule has 0 saturated heterocycles. The fourth-order valence-electron chi connectivity index (χ4n) is 16.0. The van der Waals surface area contributed by atoms with E-state index in [-0.39, 0.29) is 0 Å². The molecular formula is C94H168S4. The molecule has 0 aromatic carbocycles. The van der Waals surface area contributed by atoms with Crippen molar-refractivity contribution in [3.63, 3.8) is 0 Å². The molecule has 568 valence electrons. The van der Waals surface area contributed by atoms with Crippen molar-refractivity contribution in [3.8, 4) is 19.5 Å². The highest BCUT2D eigenvalue weighted by Crippen LogP contribution is 2.50. The van der Waals surface area contributed by atoms with Crippen molar-refractivity contribution in [2.45, 2.75) is 516 Å². The Bertz CT molecular complexity index is 2250. The van der Waals surface area contributed by atoms with E-state index in [1.807, 2.05) is 11.3 Å². The van der Waals surface area contributed by atoms with Gasteiger partial charge in [-0.2, -0.15) is 0 Å². The van der Waals surface area contributed by atoms with Crippen LogP contribution in [0, 0.1) is 0 Å². The summed E-state index contributed by atoms with van der Waals surface area (Å²) in [4.78, 5) is 6.44. The maximum absolute atomic E-state index is 2.71. The maximum atomic E-state index is 2.71. The van der Waals surface area contributed by atoms with Crippen LogP contribution in [0.5, 0.6) is 0 Å². The molecule has 0 aliphatic heterocycles. The summed E-state index contributed by atoms with van der Waals surface area (Å²) in [5.74, 6) is 0. The van der Waals surface area contributed by atoms with Gasteiger partial charge in [-0.15, -0.1) is 45.3 Å². The molecule has 4 aromatic rings. The van der Waals surface area contributed by atoms with Gasteiger partial charge >= 0.3 is 0 Å². The van der Waals surface area contributed by atoms with Crippen LogP contribution in [0.15, 0.2) is 22.9 Å². The maximum Gasteiger partial charge on any atom is 0.0498 e. The molecular weight excluding hydrogens is 1260 g/mol. The molecule has 0 unspecified atom stereocenters. The second-order valence-corrected chi connectivity index (χ2v) is 36.0. The van der Waals surface area contributed by atoms with Gasteiger partial charge in [-0.3, -0.25) is 0 Å². The van der Waals surface area contributed by atoms with Crippen LogP contribution in [-0.4, -0.2) is 0 Å². The molecule has 0 N–H and O–H groups in total. The molecule has 0 fully saturated rings. The number of rotatable bonds is 78. The second kappa shape index (κ2) is 67.9. The van der Waals surface area contributed by atoms with Gasteiger partial charge in [0.1, 0.15) is 0 Å². The number of hydrogen-bond donors (Lipinski definition) is 0. The van der Waals surface area contributed by atoms with Crippen LogP contribution in [0.25, 0.3) is 28.9 Å². The minimum Gasteiger partial charge on any atom is -0.143 e. The molecule has 0 amide bonds. The molecule has 0 nitrogen and oxygen atoms in total. The number of unbranched alkanes of at least 4 members (excludes halogenated alkanes) is 68. The van der Waals surface area contributed by atoms with Crippen molar-refractivity contribution in [1.82, 2.24) is 0 Å². The number of hydrogen-bond acceptors (Lipinski definition) is 4. The molecule has 0 atom stereocenters. The second-order valence-electron chi connectivity index (χ2n) is 32.2. The Morgan fingerprint density at radius 2 is 0.449 bits per heavy atom. The van der Waals surface area contributed by atoms with Gasteiger partial charge in [-0.25, -0.2) is 0 Å². The molecule has 0 aliphatic carbocycles. The Morgan fingerprint density at radius 1 is 0.194 bits per heavy atom. The number of thiophene rings is 4. The lowest BCUT2D eigenvalue weighted by atomic mass is 10.00. The molecule has 98 heavy (non-hydrogen) atoms. The third-order valence-electron chi connectivity index (χ3n) is 22.7. The normalized spacial score (nSPS) is 11.9. The van der Waals surface area contributed by atoms with Gasteiger partial charge in [0.15, 0.2) is 0 Å². The van der Waals surface area contributed by atoms with Crippen LogP contribution in [-0.2, 0) is 25.7 Å². The van der Waals surface area contributed by atoms with Crippen LogP contribution in [0.1, 0.15) is 512 Å². The summed E-state index contributed by atoms with van der Waals surface area (Å²) < 4.78 is 3.34. The van der Waals surface area contributed by atoms with E-state index >= 15 is 0 Å². The van der Waals surface area contributed by atoms with Gasteiger partial charge in [0.25, 0.3) is 0 Å². The average molecular weight is 1430 g/mol. The van der Waals surface area contributed by atoms with Gasteiger partial charge < -0.3 is 0 Å². The Hall–Kier alpha value is -0.940. The summed E-state index contributed by atoms with van der Waals surface area (Å²) in [6, 6.07) is 5.34. The first-order valence-corrected chi connectivity index (χ1v) is 48.8. The highest BCUT2D eigenvalue weighted by atomic mass is 32.1. The zero-order valence-corrected chi connectivity index (χ0v) is 69.9. The van der Waals surface area contributed by atoms with Gasteiger partial charge in [-0.05, 0) is 96.5 Å². The van der Waals surface area contributed by atoms with Crippen LogP contribution in [0.4, 0.5) is 0 Å². The summed E-state index contributed by atoms with van der Waals surface area (Å²) in [7, 11) is 0. The highest BCUT2D eigenvalue weighted by molar-refractivity contribution is 7.32. The average Bonchev–Trinajstić information content (AvgIpc) is 1.60. The Labute approximate surface area is 630 Å². The largest absolute Gasteiger partial charge is 0.143 e. The molecule has 4 aromatic heterocycles. The van der Waals surface area contributed by atoms with Crippen molar-refractivity contribution in [2.24, 2.45) is 0 Å². The van der Waals surface area contributed by atoms with Crippen LogP contribution in [0.3, 0.4) is 0 Å². The van der Waals surface area contributed by atoms with Crippen molar-refractivity contribution >= 4 is 54.7 Å². The van der Waals surface area contributed by atoms with Gasteiger partial charge in [0.05, 0.1) is 0 Å². The van der Waals surface area contributed by atoms with E-state index in [1.54, 1.807) is 46.3 Å². The summed E-state index contributed by atoms with van der Waals surface area (Å²) in [6.07, 6.45) is 109. The molecule has 0 spiro atoms. The zero-order chi connectivity index (χ0) is 69.2. The molecule has 4 heterocycles. The first-order chi connectivity index (χ1) is 48.7. The van der Waals surface area contributed by atoms with Crippen molar-refractivity contribution < 1.29 is 0 Å². The minimum atomic E-state index is 1.25. The van der Waals surface area contributed by atoms with E-state index in [9.17, 15) is 0 Å². The van der Waals surface area contributed by atoms with Crippen molar-refractivity contribution in [3.05, 3.63) is 45.1 Å². The number of fused-ring (bicyclic) bond motifs is 1. The van der Waals surface area contributed by atoms with Gasteiger partial charge in [0.2, 0.25) is 0 Å². The lowest BCUT2D eigenvalue weighted by Gasteiger charge is -2.07. The first-order valence-electron chi connectivity index (χ1n) is 45.4. The standard InChI is InChI=1S/C94H168S4/c1-5-9-13-17-21-25-29-33-37-41-45-49-53-57-61-65-69-73-77-85-81-89(95-83-85)90-82-86(78-74-70-66-62-58-54-50-46-42-38-34-30-26-22-18-14-10-6-2)91(97-90)94-88(80-76-72-68-64-60-56-52-48-44-40-36-32-28-24-20-16-12-8-4)93-92(98-94)87(84-96-93)79-75-71-67-63-59-55-51-47-43-39-35-31-27-23-19-15-11-7-3/h81-84H,5-80H2,1-4H3. The lowest BCUT2D eigenvalue weighted by molar-refractivity contribution is 0.525. The van der Waals surface area contributed by atoms with Crippen molar-refractivity contribution in [2.75, 3.05) is 0 Å². The lowest BCUT2D eigenvalue weighted by Crippen LogP contribution is -1.90. The van der Waals surface area contributed by atoms with Gasteiger partial charge in [-0.1, -0.05) is 464 Å². The van der Waals surface area contributed by atoms with Crippen LogP contribution in [0.2, 0.25) is 0 Å². The fourth-order valence-corrected chi connectivity index (χ4v) is 21.2. The van der Waals surface area contributed by atoms with E-state index in [4.69, 9.17) is 0 Å². The monoisotopic (exact) mass is 1430 g/mol. The molecule has 0 aliphatic rings. The smallest absolute Gasteiger partial charge is 0.0498 e. The third-order valence-corrected chi connectivity index (χ3v) is 27.7. The Morgan fingerprint density at radius 3 is 0.745 bits per heavy atom. The van der Waals surface area contributed by atoms with Crippen LogP contribution >= 0.6 is 45.3 Å². The topological polar surface area (TPSA) is 0 Å². The summed E-state index contributed by atoms with van der Waals surface area (Å²) >= 11 is 8.61. The quantitative estimate of drug-likeness (QED) is 0.0387. The molecule has 4 heteroatoms. The van der Waals surface area contributed by atoms with Gasteiger partial charge in [0, 0.05) is 28.9 Å². The fraction of sp³-hybridized carbons (Fsp3) is 0.851. The summed E-state index contributed by atoms with van der Waals surface area (Å²) in [6.45, 7) is 9.31. The predicted molar refractivity (Wildman–Crippen MR) is 456 cm³/mol. The Kier molecular flexibility index (Phi) is 62.0. The van der Waals surface area contributed by atoms with E-state index in [0.717, 1.165) is 0 Å². The minimum absolute atomic E-state index is 1.25. The first kappa shape index (κ1) is 89.5. The van der Waals surface area contributed by atoms with E-state index < -0.39 is 0 Å². The molecule has 4 rings (SSSR count).